The summed E-state index contributed by atoms with van der Waals surface area (Å²) in [7, 11) is 0. The lowest BCUT2D eigenvalue weighted by Gasteiger charge is -2.20. The van der Waals surface area contributed by atoms with Crippen molar-refractivity contribution in [3.05, 3.63) is 30.1 Å². The molecule has 0 radical (unpaired) electrons. The zero-order valence-corrected chi connectivity index (χ0v) is 12.5. The van der Waals surface area contributed by atoms with E-state index in [1.165, 1.54) is 24.3 Å². The van der Waals surface area contributed by atoms with Crippen LogP contribution in [0.25, 0.3) is 0 Å². The van der Waals surface area contributed by atoms with E-state index < -0.39 is 0 Å². The number of carbonyl (C=O) groups is 2. The number of halogens is 1. The third-order valence-corrected chi connectivity index (χ3v) is 3.71. The first-order valence-corrected chi connectivity index (χ1v) is 7.31. The van der Waals surface area contributed by atoms with Gasteiger partial charge in [-0.15, -0.1) is 0 Å². The molecule has 1 aliphatic heterocycles. The molecule has 0 aromatic heterocycles. The highest BCUT2D eigenvalue weighted by Crippen LogP contribution is 2.13. The van der Waals surface area contributed by atoms with Crippen molar-refractivity contribution < 1.29 is 14.0 Å². The molecule has 6 nitrogen and oxygen atoms in total. The van der Waals surface area contributed by atoms with E-state index in [0.29, 0.717) is 31.7 Å². The SMILES string of the molecule is CC(CN)C(=O)N1CCC(NC(=O)Nc2ccc(F)cc2)C1. The molecule has 1 fully saturated rings. The molecule has 7 heteroatoms. The smallest absolute Gasteiger partial charge is 0.319 e. The molecule has 1 saturated heterocycles. The summed E-state index contributed by atoms with van der Waals surface area (Å²) in [6, 6.07) is 5.08. The van der Waals surface area contributed by atoms with Crippen molar-refractivity contribution in [3.8, 4) is 0 Å². The Morgan fingerprint density at radius 3 is 2.73 bits per heavy atom. The molecular formula is C15H21FN4O2. The van der Waals surface area contributed by atoms with Crippen LogP contribution < -0.4 is 16.4 Å². The van der Waals surface area contributed by atoms with Gasteiger partial charge >= 0.3 is 6.03 Å². The Morgan fingerprint density at radius 1 is 1.41 bits per heavy atom. The summed E-state index contributed by atoms with van der Waals surface area (Å²) in [4.78, 5) is 25.6. The molecule has 0 spiro atoms. The molecule has 2 rings (SSSR count). The van der Waals surface area contributed by atoms with Gasteiger partial charge in [0.2, 0.25) is 5.91 Å². The van der Waals surface area contributed by atoms with Gasteiger partial charge in [0.15, 0.2) is 0 Å². The molecule has 1 aromatic carbocycles. The summed E-state index contributed by atoms with van der Waals surface area (Å²) in [5, 5.41) is 5.45. The molecule has 1 aliphatic rings. The fourth-order valence-electron chi connectivity index (χ4n) is 2.38. The Bertz CT molecular complexity index is 535. The average Bonchev–Trinajstić information content (AvgIpc) is 2.96. The summed E-state index contributed by atoms with van der Waals surface area (Å²) >= 11 is 0. The van der Waals surface area contributed by atoms with Crippen LogP contribution in [0, 0.1) is 11.7 Å². The van der Waals surface area contributed by atoms with Crippen LogP contribution in [0.2, 0.25) is 0 Å². The van der Waals surface area contributed by atoms with Crippen LogP contribution in [0.5, 0.6) is 0 Å². The first-order valence-electron chi connectivity index (χ1n) is 7.31. The van der Waals surface area contributed by atoms with Crippen molar-refractivity contribution in [1.29, 1.82) is 0 Å². The maximum Gasteiger partial charge on any atom is 0.319 e. The van der Waals surface area contributed by atoms with Gasteiger partial charge < -0.3 is 21.3 Å². The molecule has 120 valence electrons. The molecule has 4 N–H and O–H groups in total. The van der Waals surface area contributed by atoms with Crippen LogP contribution in [-0.4, -0.2) is 42.5 Å². The zero-order chi connectivity index (χ0) is 16.1. The number of rotatable bonds is 4. The second kappa shape index (κ2) is 7.22. The zero-order valence-electron chi connectivity index (χ0n) is 12.5. The number of hydrogen-bond donors (Lipinski definition) is 3. The largest absolute Gasteiger partial charge is 0.340 e. The number of hydrogen-bond acceptors (Lipinski definition) is 3. The molecule has 0 aliphatic carbocycles. The summed E-state index contributed by atoms with van der Waals surface area (Å²) < 4.78 is 12.8. The molecule has 1 aromatic rings. The number of nitrogens with zero attached hydrogens (tertiary/aromatic N) is 1. The number of likely N-dealkylation sites (tertiary alicyclic amines) is 1. The highest BCUT2D eigenvalue weighted by Gasteiger charge is 2.29. The van der Waals surface area contributed by atoms with E-state index >= 15 is 0 Å². The van der Waals surface area contributed by atoms with E-state index in [-0.39, 0.29) is 29.7 Å². The monoisotopic (exact) mass is 308 g/mol. The van der Waals surface area contributed by atoms with E-state index in [9.17, 15) is 14.0 Å². The molecular weight excluding hydrogens is 287 g/mol. The quantitative estimate of drug-likeness (QED) is 0.779. The Labute approximate surface area is 128 Å². The summed E-state index contributed by atoms with van der Waals surface area (Å²) in [5.41, 5.74) is 6.01. The molecule has 2 atom stereocenters. The second-order valence-corrected chi connectivity index (χ2v) is 5.51. The molecule has 1 heterocycles. The van der Waals surface area contributed by atoms with Crippen LogP contribution in [0.1, 0.15) is 13.3 Å². The lowest BCUT2D eigenvalue weighted by molar-refractivity contribution is -0.133. The number of nitrogens with two attached hydrogens (primary N) is 1. The minimum absolute atomic E-state index is 0.0192. The topological polar surface area (TPSA) is 87.5 Å². The number of carbonyl (C=O) groups excluding carboxylic acids is 2. The van der Waals surface area contributed by atoms with Crippen LogP contribution >= 0.6 is 0 Å². The van der Waals surface area contributed by atoms with E-state index in [4.69, 9.17) is 5.73 Å². The molecule has 22 heavy (non-hydrogen) atoms. The second-order valence-electron chi connectivity index (χ2n) is 5.51. The van der Waals surface area contributed by atoms with Crippen molar-refractivity contribution >= 4 is 17.6 Å². The summed E-state index contributed by atoms with van der Waals surface area (Å²) in [6.07, 6.45) is 0.708. The van der Waals surface area contributed by atoms with E-state index in [1.54, 1.807) is 11.8 Å². The van der Waals surface area contributed by atoms with E-state index in [2.05, 4.69) is 10.6 Å². The summed E-state index contributed by atoms with van der Waals surface area (Å²) in [6.45, 7) is 3.22. The first kappa shape index (κ1) is 16.2. The first-order chi connectivity index (χ1) is 10.5. The highest BCUT2D eigenvalue weighted by molar-refractivity contribution is 5.89. The van der Waals surface area contributed by atoms with Gasteiger partial charge in [-0.25, -0.2) is 9.18 Å². The van der Waals surface area contributed by atoms with Crippen LogP contribution in [0.3, 0.4) is 0 Å². The van der Waals surface area contributed by atoms with Crippen molar-refractivity contribution in [1.82, 2.24) is 10.2 Å². The molecule has 2 unspecified atom stereocenters. The van der Waals surface area contributed by atoms with Gasteiger partial charge in [-0.3, -0.25) is 4.79 Å². The van der Waals surface area contributed by atoms with Crippen LogP contribution in [0.15, 0.2) is 24.3 Å². The maximum atomic E-state index is 12.8. The molecule has 0 bridgehead atoms. The fraction of sp³-hybridized carbons (Fsp3) is 0.467. The van der Waals surface area contributed by atoms with Crippen molar-refractivity contribution in [2.24, 2.45) is 11.7 Å². The third kappa shape index (κ3) is 4.17. The van der Waals surface area contributed by atoms with Gasteiger partial charge in [0.05, 0.1) is 0 Å². The number of amides is 3. The molecule has 0 saturated carbocycles. The number of benzene rings is 1. The van der Waals surface area contributed by atoms with Crippen LogP contribution in [-0.2, 0) is 4.79 Å². The minimum Gasteiger partial charge on any atom is -0.340 e. The Hall–Kier alpha value is -2.15. The van der Waals surface area contributed by atoms with Gasteiger partial charge in [-0.2, -0.15) is 0 Å². The van der Waals surface area contributed by atoms with Crippen LogP contribution in [0.4, 0.5) is 14.9 Å². The normalized spacial score (nSPS) is 18.9. The maximum absolute atomic E-state index is 12.8. The summed E-state index contributed by atoms with van der Waals surface area (Å²) in [5.74, 6) is -0.539. The van der Waals surface area contributed by atoms with Crippen molar-refractivity contribution in [2.75, 3.05) is 25.0 Å². The third-order valence-electron chi connectivity index (χ3n) is 3.71. The van der Waals surface area contributed by atoms with Gasteiger partial charge in [0.1, 0.15) is 5.82 Å². The predicted molar refractivity (Wildman–Crippen MR) is 81.8 cm³/mol. The number of urea groups is 1. The van der Waals surface area contributed by atoms with E-state index in [0.717, 1.165) is 0 Å². The van der Waals surface area contributed by atoms with E-state index in [1.807, 2.05) is 0 Å². The predicted octanol–water partition coefficient (Wildman–Crippen LogP) is 1.14. The van der Waals surface area contributed by atoms with Crippen molar-refractivity contribution in [2.45, 2.75) is 19.4 Å². The lowest BCUT2D eigenvalue weighted by Crippen LogP contribution is -2.42. The van der Waals surface area contributed by atoms with Gasteiger partial charge in [-0.05, 0) is 30.7 Å². The fourth-order valence-corrected chi connectivity index (χ4v) is 2.38. The highest BCUT2D eigenvalue weighted by atomic mass is 19.1. The molecule has 3 amide bonds. The minimum atomic E-state index is -0.363. The lowest BCUT2D eigenvalue weighted by atomic mass is 10.1. The van der Waals surface area contributed by atoms with Crippen molar-refractivity contribution in [3.63, 3.8) is 0 Å². The Kier molecular flexibility index (Phi) is 5.32. The average molecular weight is 308 g/mol. The van der Waals surface area contributed by atoms with Gasteiger partial charge in [0.25, 0.3) is 0 Å². The Balaban J connectivity index is 1.81. The Morgan fingerprint density at radius 2 is 2.09 bits per heavy atom. The van der Waals surface area contributed by atoms with Gasteiger partial charge in [-0.1, -0.05) is 6.92 Å². The number of anilines is 1. The number of nitrogens with one attached hydrogen (secondary N) is 2. The standard InChI is InChI=1S/C15H21FN4O2/c1-10(8-17)14(21)20-7-6-13(9-20)19-15(22)18-12-4-2-11(16)3-5-12/h2-5,10,13H,6-9,17H2,1H3,(H2,18,19,22). The van der Waals surface area contributed by atoms with Gasteiger partial charge in [0, 0.05) is 37.3 Å².